The zero-order chi connectivity index (χ0) is 21.2. The molecule has 0 spiro atoms. The number of rotatable bonds is 4. The second-order valence-corrected chi connectivity index (χ2v) is 7.02. The van der Waals surface area contributed by atoms with Gasteiger partial charge in [-0.25, -0.2) is 4.98 Å². The number of pyridine rings is 3. The maximum Gasteiger partial charge on any atom is 0.135 e. The summed E-state index contributed by atoms with van der Waals surface area (Å²) in [6.07, 6.45) is 7.09. The second-order valence-electron chi connectivity index (χ2n) is 7.02. The predicted molar refractivity (Wildman–Crippen MR) is 119 cm³/mol. The van der Waals surface area contributed by atoms with E-state index < -0.39 is 0 Å². The number of anilines is 1. The number of fused-ring (bicyclic) bond motifs is 1. The van der Waals surface area contributed by atoms with Gasteiger partial charge in [-0.05, 0) is 35.9 Å². The van der Waals surface area contributed by atoms with Gasteiger partial charge in [-0.2, -0.15) is 10.4 Å². The van der Waals surface area contributed by atoms with Gasteiger partial charge < -0.3 is 5.73 Å². The lowest BCUT2D eigenvalue weighted by Crippen LogP contribution is -2.01. The van der Waals surface area contributed by atoms with Crippen molar-refractivity contribution in [1.29, 1.82) is 5.26 Å². The molecule has 0 atom stereocenters. The summed E-state index contributed by atoms with van der Waals surface area (Å²) in [7, 11) is 0. The maximum atomic E-state index is 9.65. The van der Waals surface area contributed by atoms with Crippen molar-refractivity contribution in [3.63, 3.8) is 0 Å². The van der Waals surface area contributed by atoms with E-state index in [4.69, 9.17) is 15.8 Å². The molecular formula is C24H17N7. The smallest absolute Gasteiger partial charge is 0.135 e. The number of hydrogen-bond acceptors (Lipinski definition) is 6. The maximum absolute atomic E-state index is 9.65. The zero-order valence-electron chi connectivity index (χ0n) is 16.5. The van der Waals surface area contributed by atoms with Gasteiger partial charge in [0, 0.05) is 35.9 Å². The summed E-state index contributed by atoms with van der Waals surface area (Å²) in [5.74, 6) is 0.364. The van der Waals surface area contributed by atoms with E-state index in [-0.39, 0.29) is 0 Å². The van der Waals surface area contributed by atoms with Gasteiger partial charge in [-0.3, -0.25) is 14.6 Å². The Morgan fingerprint density at radius 3 is 2.55 bits per heavy atom. The van der Waals surface area contributed by atoms with Crippen LogP contribution in [0.25, 0.3) is 33.3 Å². The summed E-state index contributed by atoms with van der Waals surface area (Å²) in [5, 5.41) is 15.2. The molecule has 0 radical (unpaired) electrons. The first-order valence-electron chi connectivity index (χ1n) is 9.71. The molecule has 0 aliphatic carbocycles. The molecule has 7 nitrogen and oxygen atoms in total. The molecule has 0 aliphatic heterocycles. The van der Waals surface area contributed by atoms with Gasteiger partial charge in [0.15, 0.2) is 0 Å². The molecule has 0 bridgehead atoms. The Kier molecular flexibility index (Phi) is 4.58. The molecule has 0 saturated heterocycles. The molecule has 0 unspecified atom stereocenters. The molecule has 0 saturated carbocycles. The molecule has 5 aromatic rings. The van der Waals surface area contributed by atoms with E-state index in [0.717, 1.165) is 27.7 Å². The fourth-order valence-corrected chi connectivity index (χ4v) is 3.65. The van der Waals surface area contributed by atoms with Crippen LogP contribution >= 0.6 is 0 Å². The van der Waals surface area contributed by atoms with Crippen LogP contribution in [0.15, 0.2) is 79.4 Å². The van der Waals surface area contributed by atoms with Gasteiger partial charge in [0.05, 0.1) is 35.0 Å². The van der Waals surface area contributed by atoms with Gasteiger partial charge >= 0.3 is 0 Å². The second kappa shape index (κ2) is 7.69. The van der Waals surface area contributed by atoms with Crippen molar-refractivity contribution in [2.75, 3.05) is 5.73 Å². The number of nitriles is 1. The number of hydrogen-bond donors (Lipinski definition) is 1. The Bertz CT molecular complexity index is 1420. The lowest BCUT2D eigenvalue weighted by Gasteiger charge is -2.12. The van der Waals surface area contributed by atoms with Crippen LogP contribution in [0.2, 0.25) is 0 Å². The topological polar surface area (TPSA) is 106 Å². The van der Waals surface area contributed by atoms with E-state index in [2.05, 4.69) is 16.0 Å². The van der Waals surface area contributed by atoms with Gasteiger partial charge in [0.1, 0.15) is 11.3 Å². The van der Waals surface area contributed by atoms with Crippen molar-refractivity contribution < 1.29 is 0 Å². The molecule has 2 N–H and O–H groups in total. The average Bonchev–Trinajstić information content (AvgIpc) is 3.24. The van der Waals surface area contributed by atoms with E-state index in [1.807, 2.05) is 59.4 Å². The molecule has 31 heavy (non-hydrogen) atoms. The van der Waals surface area contributed by atoms with Crippen LogP contribution in [0.4, 0.5) is 5.82 Å². The van der Waals surface area contributed by atoms with Crippen molar-refractivity contribution in [1.82, 2.24) is 24.7 Å². The first-order chi connectivity index (χ1) is 15.2. The van der Waals surface area contributed by atoms with E-state index in [1.165, 1.54) is 0 Å². The minimum absolute atomic E-state index is 0.364. The van der Waals surface area contributed by atoms with Gasteiger partial charge in [0.25, 0.3) is 0 Å². The highest BCUT2D eigenvalue weighted by Crippen LogP contribution is 2.39. The lowest BCUT2D eigenvalue weighted by molar-refractivity contribution is 0.681. The average molecular weight is 403 g/mol. The molecule has 5 rings (SSSR count). The quantitative estimate of drug-likeness (QED) is 0.485. The van der Waals surface area contributed by atoms with Crippen molar-refractivity contribution in [3.8, 4) is 28.5 Å². The van der Waals surface area contributed by atoms with Gasteiger partial charge in [-0.15, -0.1) is 0 Å². The van der Waals surface area contributed by atoms with E-state index in [9.17, 15) is 5.26 Å². The molecule has 4 aromatic heterocycles. The third-order valence-corrected chi connectivity index (χ3v) is 5.07. The largest absolute Gasteiger partial charge is 0.383 e. The molecular weight excluding hydrogens is 386 g/mol. The van der Waals surface area contributed by atoms with E-state index in [0.29, 0.717) is 29.2 Å². The van der Waals surface area contributed by atoms with Crippen LogP contribution in [0.3, 0.4) is 0 Å². The molecule has 0 amide bonds. The van der Waals surface area contributed by atoms with Crippen LogP contribution < -0.4 is 5.73 Å². The number of aromatic nitrogens is 5. The third-order valence-electron chi connectivity index (χ3n) is 5.07. The van der Waals surface area contributed by atoms with Crippen molar-refractivity contribution in [3.05, 3.63) is 90.6 Å². The minimum atomic E-state index is 0.364. The van der Waals surface area contributed by atoms with Crippen LogP contribution in [0.5, 0.6) is 0 Å². The number of nitrogens with two attached hydrogens (primary N) is 1. The van der Waals surface area contributed by atoms with Crippen molar-refractivity contribution >= 4 is 16.7 Å². The number of nitrogens with zero attached hydrogens (tertiary/aromatic N) is 6. The molecule has 7 heteroatoms. The van der Waals surface area contributed by atoms with E-state index >= 15 is 0 Å². The van der Waals surface area contributed by atoms with Gasteiger partial charge in [0.2, 0.25) is 0 Å². The van der Waals surface area contributed by atoms with Gasteiger partial charge in [-0.1, -0.05) is 24.3 Å². The van der Waals surface area contributed by atoms with Crippen LogP contribution in [-0.4, -0.2) is 24.7 Å². The number of benzene rings is 1. The standard InChI is InChI=1S/C24H17N7/c25-13-17-5-1-2-7-19(17)22-21(16-8-11-27-12-9-16)23-20(24(26)29-22)15-31(30-23)14-18-6-3-4-10-28-18/h1-12,15H,14H2,(H2,26,29). The summed E-state index contributed by atoms with van der Waals surface area (Å²) in [6, 6.07) is 19.2. The Labute approximate surface area is 178 Å². The first kappa shape index (κ1) is 18.5. The van der Waals surface area contributed by atoms with Crippen LogP contribution in [-0.2, 0) is 6.54 Å². The summed E-state index contributed by atoms with van der Waals surface area (Å²) in [6.45, 7) is 0.509. The predicted octanol–water partition coefficient (Wildman–Crippen LogP) is 4.06. The Balaban J connectivity index is 1.79. The Morgan fingerprint density at radius 2 is 1.77 bits per heavy atom. The summed E-state index contributed by atoms with van der Waals surface area (Å²) < 4.78 is 1.82. The molecule has 4 heterocycles. The van der Waals surface area contributed by atoms with E-state index in [1.54, 1.807) is 24.7 Å². The highest BCUT2D eigenvalue weighted by Gasteiger charge is 2.21. The van der Waals surface area contributed by atoms with Crippen LogP contribution in [0.1, 0.15) is 11.3 Å². The molecule has 148 valence electrons. The lowest BCUT2D eigenvalue weighted by atomic mass is 9.95. The first-order valence-corrected chi connectivity index (χ1v) is 9.71. The Hall–Kier alpha value is -4.57. The third kappa shape index (κ3) is 3.36. The highest BCUT2D eigenvalue weighted by atomic mass is 15.3. The summed E-state index contributed by atoms with van der Waals surface area (Å²) >= 11 is 0. The summed E-state index contributed by atoms with van der Waals surface area (Å²) in [4.78, 5) is 13.2. The molecule has 0 fully saturated rings. The SMILES string of the molecule is N#Cc1ccccc1-c1nc(N)c2cn(Cc3ccccn3)nc2c1-c1ccncc1. The normalized spacial score (nSPS) is 10.8. The van der Waals surface area contributed by atoms with Crippen molar-refractivity contribution in [2.45, 2.75) is 6.54 Å². The molecule has 1 aromatic carbocycles. The Morgan fingerprint density at radius 1 is 0.968 bits per heavy atom. The minimum Gasteiger partial charge on any atom is -0.383 e. The fourth-order valence-electron chi connectivity index (χ4n) is 3.65. The fraction of sp³-hybridized carbons (Fsp3) is 0.0417. The van der Waals surface area contributed by atoms with Crippen molar-refractivity contribution in [2.24, 2.45) is 0 Å². The monoisotopic (exact) mass is 403 g/mol. The summed E-state index contributed by atoms with van der Waals surface area (Å²) in [5.41, 5.74) is 11.5. The van der Waals surface area contributed by atoms with Crippen LogP contribution in [0, 0.1) is 11.3 Å². The zero-order valence-corrected chi connectivity index (χ0v) is 16.5. The highest BCUT2D eigenvalue weighted by molar-refractivity contribution is 6.04. The molecule has 0 aliphatic rings. The number of nitrogen functional groups attached to an aromatic ring is 1.